The summed E-state index contributed by atoms with van der Waals surface area (Å²) in [5.41, 5.74) is 0.712. The van der Waals surface area contributed by atoms with Gasteiger partial charge >= 0.3 is 5.63 Å². The van der Waals surface area contributed by atoms with E-state index in [0.29, 0.717) is 23.0 Å². The van der Waals surface area contributed by atoms with E-state index in [2.05, 4.69) is 6.92 Å². The van der Waals surface area contributed by atoms with Crippen molar-refractivity contribution in [2.75, 3.05) is 0 Å². The summed E-state index contributed by atoms with van der Waals surface area (Å²) in [5.74, 6) is 0. The van der Waals surface area contributed by atoms with Gasteiger partial charge in [0.2, 0.25) is 0 Å². The van der Waals surface area contributed by atoms with Crippen LogP contribution in [0.3, 0.4) is 0 Å². The number of aryl methyl sites for hydroxylation is 1. The van der Waals surface area contributed by atoms with E-state index in [-0.39, 0.29) is 5.56 Å². The Morgan fingerprint density at radius 1 is 1.05 bits per heavy atom. The standard InChI is InChI=1S/C16H15NO3/c1-2-3-10-17-14(18)9-8-12-15(17)11-6-4-5-7-13(11)20-16(12)19/h4-9H,2-3,10H2,1H3. The second-order valence-electron chi connectivity index (χ2n) is 4.82. The van der Waals surface area contributed by atoms with Gasteiger partial charge in [-0.3, -0.25) is 4.79 Å². The lowest BCUT2D eigenvalue weighted by atomic mass is 10.1. The third-order valence-electron chi connectivity index (χ3n) is 3.48. The Kier molecular flexibility index (Phi) is 3.14. The summed E-state index contributed by atoms with van der Waals surface area (Å²) >= 11 is 0. The van der Waals surface area contributed by atoms with Crippen LogP contribution < -0.4 is 11.2 Å². The third kappa shape index (κ3) is 1.93. The molecule has 4 nitrogen and oxygen atoms in total. The van der Waals surface area contributed by atoms with Crippen molar-refractivity contribution in [3.8, 4) is 0 Å². The van der Waals surface area contributed by atoms with E-state index in [0.717, 1.165) is 18.2 Å². The van der Waals surface area contributed by atoms with Gasteiger partial charge in [0.05, 0.1) is 10.9 Å². The first-order valence-electron chi connectivity index (χ1n) is 6.78. The zero-order chi connectivity index (χ0) is 14.1. The Morgan fingerprint density at radius 3 is 2.65 bits per heavy atom. The number of nitrogens with zero attached hydrogens (tertiary/aromatic N) is 1. The van der Waals surface area contributed by atoms with Gasteiger partial charge in [-0.25, -0.2) is 4.79 Å². The molecule has 0 amide bonds. The van der Waals surface area contributed by atoms with Crippen LogP contribution in [0.15, 0.2) is 50.4 Å². The molecule has 2 aromatic heterocycles. The second-order valence-corrected chi connectivity index (χ2v) is 4.82. The SMILES string of the molecule is CCCCn1c(=O)ccc2c(=O)oc3ccccc3c21. The molecule has 1 aromatic carbocycles. The number of benzene rings is 1. The average Bonchev–Trinajstić information content (AvgIpc) is 2.46. The van der Waals surface area contributed by atoms with Gasteiger partial charge in [0.1, 0.15) is 5.58 Å². The minimum atomic E-state index is -0.399. The second kappa shape index (κ2) is 4.96. The molecule has 0 spiro atoms. The van der Waals surface area contributed by atoms with Crippen LogP contribution in [-0.2, 0) is 6.54 Å². The third-order valence-corrected chi connectivity index (χ3v) is 3.48. The van der Waals surface area contributed by atoms with Crippen LogP contribution in [0.25, 0.3) is 21.9 Å². The molecule has 102 valence electrons. The monoisotopic (exact) mass is 269 g/mol. The molecule has 0 saturated carbocycles. The Hall–Kier alpha value is -2.36. The van der Waals surface area contributed by atoms with Crippen LogP contribution in [0.4, 0.5) is 0 Å². The lowest BCUT2D eigenvalue weighted by Gasteiger charge is -2.10. The maximum atomic E-state index is 12.1. The summed E-state index contributed by atoms with van der Waals surface area (Å²) in [4.78, 5) is 24.2. The highest BCUT2D eigenvalue weighted by Crippen LogP contribution is 2.21. The number of aromatic nitrogens is 1. The first kappa shape index (κ1) is 12.7. The molecular weight excluding hydrogens is 254 g/mol. The van der Waals surface area contributed by atoms with Gasteiger partial charge in [0.25, 0.3) is 5.56 Å². The number of hydrogen-bond acceptors (Lipinski definition) is 3. The highest BCUT2D eigenvalue weighted by Gasteiger charge is 2.11. The summed E-state index contributed by atoms with van der Waals surface area (Å²) in [5, 5.41) is 1.26. The molecule has 0 saturated heterocycles. The molecule has 20 heavy (non-hydrogen) atoms. The smallest absolute Gasteiger partial charge is 0.345 e. The summed E-state index contributed by atoms with van der Waals surface area (Å²) in [6, 6.07) is 10.3. The summed E-state index contributed by atoms with van der Waals surface area (Å²) in [6.45, 7) is 2.68. The number of unbranched alkanes of at least 4 members (excludes halogenated alkanes) is 1. The Labute approximate surface area is 115 Å². The predicted molar refractivity (Wildman–Crippen MR) is 79.2 cm³/mol. The normalized spacial score (nSPS) is 11.2. The highest BCUT2D eigenvalue weighted by atomic mass is 16.4. The molecule has 3 aromatic rings. The molecule has 2 heterocycles. The fourth-order valence-electron chi connectivity index (χ4n) is 2.48. The molecule has 0 unspecified atom stereocenters. The van der Waals surface area contributed by atoms with E-state index >= 15 is 0 Å². The van der Waals surface area contributed by atoms with Crippen molar-refractivity contribution in [2.45, 2.75) is 26.3 Å². The van der Waals surface area contributed by atoms with E-state index in [1.165, 1.54) is 6.07 Å². The number of hydrogen-bond donors (Lipinski definition) is 0. The molecule has 0 aliphatic rings. The number of pyridine rings is 1. The van der Waals surface area contributed by atoms with Crippen molar-refractivity contribution in [2.24, 2.45) is 0 Å². The van der Waals surface area contributed by atoms with Crippen LogP contribution in [0, 0.1) is 0 Å². The van der Waals surface area contributed by atoms with E-state index in [9.17, 15) is 9.59 Å². The van der Waals surface area contributed by atoms with Gasteiger partial charge in [-0.15, -0.1) is 0 Å². The molecule has 4 heteroatoms. The highest BCUT2D eigenvalue weighted by molar-refractivity contribution is 6.01. The van der Waals surface area contributed by atoms with Crippen molar-refractivity contribution in [3.63, 3.8) is 0 Å². The molecule has 0 aliphatic carbocycles. The van der Waals surface area contributed by atoms with Crippen molar-refractivity contribution in [3.05, 3.63) is 57.2 Å². The summed E-state index contributed by atoms with van der Waals surface area (Å²) in [7, 11) is 0. The van der Waals surface area contributed by atoms with Gasteiger partial charge in [-0.2, -0.15) is 0 Å². The van der Waals surface area contributed by atoms with Crippen LogP contribution in [-0.4, -0.2) is 4.57 Å². The number of para-hydroxylation sites is 1. The first-order valence-corrected chi connectivity index (χ1v) is 6.78. The zero-order valence-electron chi connectivity index (χ0n) is 11.3. The van der Waals surface area contributed by atoms with E-state index < -0.39 is 5.63 Å². The number of rotatable bonds is 3. The fraction of sp³-hybridized carbons (Fsp3) is 0.250. The van der Waals surface area contributed by atoms with E-state index in [1.54, 1.807) is 16.7 Å². The first-order chi connectivity index (χ1) is 9.72. The largest absolute Gasteiger partial charge is 0.422 e. The quantitative estimate of drug-likeness (QED) is 0.542. The molecule has 3 rings (SSSR count). The molecule has 0 bridgehead atoms. The molecular formula is C16H15NO3. The van der Waals surface area contributed by atoms with Crippen LogP contribution in [0.2, 0.25) is 0 Å². The van der Waals surface area contributed by atoms with Gasteiger partial charge in [-0.05, 0) is 24.6 Å². The molecule has 0 fully saturated rings. The Morgan fingerprint density at radius 2 is 1.85 bits per heavy atom. The Balaban J connectivity index is 2.50. The predicted octanol–water partition coefficient (Wildman–Crippen LogP) is 2.91. The topological polar surface area (TPSA) is 52.2 Å². The van der Waals surface area contributed by atoms with Gasteiger partial charge < -0.3 is 8.98 Å². The number of fused-ring (bicyclic) bond motifs is 3. The Bertz CT molecular complexity index is 889. The zero-order valence-corrected chi connectivity index (χ0v) is 11.3. The minimum absolute atomic E-state index is 0.0818. The van der Waals surface area contributed by atoms with Crippen molar-refractivity contribution >= 4 is 21.9 Å². The van der Waals surface area contributed by atoms with Crippen molar-refractivity contribution < 1.29 is 4.42 Å². The minimum Gasteiger partial charge on any atom is -0.422 e. The lowest BCUT2D eigenvalue weighted by molar-refractivity contribution is 0.566. The lowest BCUT2D eigenvalue weighted by Crippen LogP contribution is -2.21. The molecule has 0 atom stereocenters. The average molecular weight is 269 g/mol. The maximum absolute atomic E-state index is 12.1. The van der Waals surface area contributed by atoms with Crippen molar-refractivity contribution in [1.29, 1.82) is 0 Å². The summed E-state index contributed by atoms with van der Waals surface area (Å²) < 4.78 is 6.98. The molecule has 0 radical (unpaired) electrons. The van der Waals surface area contributed by atoms with Gasteiger partial charge in [-0.1, -0.05) is 25.5 Å². The summed E-state index contributed by atoms with van der Waals surface area (Å²) in [6.07, 6.45) is 1.88. The van der Waals surface area contributed by atoms with Crippen molar-refractivity contribution in [1.82, 2.24) is 4.57 Å². The van der Waals surface area contributed by atoms with E-state index in [1.807, 2.05) is 18.2 Å². The fourth-order valence-corrected chi connectivity index (χ4v) is 2.48. The van der Waals surface area contributed by atoms with Crippen LogP contribution >= 0.6 is 0 Å². The molecule has 0 N–H and O–H groups in total. The van der Waals surface area contributed by atoms with E-state index in [4.69, 9.17) is 4.42 Å². The maximum Gasteiger partial charge on any atom is 0.345 e. The van der Waals surface area contributed by atoms with Gasteiger partial charge in [0.15, 0.2) is 0 Å². The molecule has 0 aliphatic heterocycles. The van der Waals surface area contributed by atoms with Crippen LogP contribution in [0.1, 0.15) is 19.8 Å². The van der Waals surface area contributed by atoms with Crippen LogP contribution in [0.5, 0.6) is 0 Å². The van der Waals surface area contributed by atoms with Gasteiger partial charge in [0, 0.05) is 18.0 Å².